The topological polar surface area (TPSA) is 62.6 Å². The summed E-state index contributed by atoms with van der Waals surface area (Å²) in [5.74, 6) is 0. The molecule has 0 amide bonds. The van der Waals surface area contributed by atoms with Crippen LogP contribution >= 0.6 is 12.2 Å². The number of nitrogens with one attached hydrogen (secondary N) is 1. The van der Waals surface area contributed by atoms with Crippen LogP contribution in [0.5, 0.6) is 0 Å². The van der Waals surface area contributed by atoms with E-state index in [-0.39, 0.29) is 0 Å². The molecule has 3 rings (SSSR count). The molecular weight excluding hydrogens is 298 g/mol. The van der Waals surface area contributed by atoms with Crippen LogP contribution in [0, 0.1) is 0 Å². The Kier molecular flexibility index (Phi) is 4.55. The number of hydrogen-bond acceptors (Lipinski definition) is 5. The van der Waals surface area contributed by atoms with Crippen LogP contribution < -0.4 is 5.43 Å². The summed E-state index contributed by atoms with van der Waals surface area (Å²) in [6.07, 6.45) is 1.72. The zero-order valence-electron chi connectivity index (χ0n) is 12.3. The summed E-state index contributed by atoms with van der Waals surface area (Å²) in [5.41, 5.74) is 6.12. The number of nitrogens with zero attached hydrogens (tertiary/aromatic N) is 4. The Morgan fingerprint density at radius 3 is 2.77 bits per heavy atom. The molecule has 1 aromatic carbocycles. The fourth-order valence-electron chi connectivity index (χ4n) is 2.16. The predicted molar refractivity (Wildman–Crippen MR) is 89.9 cm³/mol. The first-order valence-corrected chi connectivity index (χ1v) is 7.54. The lowest BCUT2D eigenvalue weighted by Crippen LogP contribution is -2.44. The summed E-state index contributed by atoms with van der Waals surface area (Å²) in [5, 5.41) is 4.92. The molecule has 2 aromatic rings. The Morgan fingerprint density at radius 2 is 2.00 bits per heavy atom. The normalized spacial score (nSPS) is 15.9. The molecule has 22 heavy (non-hydrogen) atoms. The number of benzene rings is 1. The van der Waals surface area contributed by atoms with Gasteiger partial charge in [-0.25, -0.2) is 4.98 Å². The molecule has 0 saturated carbocycles. The maximum absolute atomic E-state index is 5.34. The highest BCUT2D eigenvalue weighted by Crippen LogP contribution is 2.09. The van der Waals surface area contributed by atoms with Gasteiger partial charge in [-0.15, -0.1) is 0 Å². The van der Waals surface area contributed by atoms with E-state index < -0.39 is 0 Å². The molecule has 2 heterocycles. The third-order valence-corrected chi connectivity index (χ3v) is 3.79. The number of thiocarbonyl (C=S) groups is 1. The van der Waals surface area contributed by atoms with E-state index in [0.29, 0.717) is 18.3 Å². The smallest absolute Gasteiger partial charge is 0.189 e. The van der Waals surface area contributed by atoms with Crippen LogP contribution in [-0.2, 0) is 4.74 Å². The van der Waals surface area contributed by atoms with Gasteiger partial charge in [-0.3, -0.25) is 10.4 Å². The van der Waals surface area contributed by atoms with Gasteiger partial charge in [-0.2, -0.15) is 5.10 Å². The Hall–Kier alpha value is -2.12. The monoisotopic (exact) mass is 315 g/mol. The molecule has 114 valence electrons. The number of hydrazone groups is 1. The summed E-state index contributed by atoms with van der Waals surface area (Å²) in [4.78, 5) is 11.0. The number of para-hydroxylation sites is 2. The van der Waals surface area contributed by atoms with Crippen LogP contribution in [0.25, 0.3) is 11.0 Å². The van der Waals surface area contributed by atoms with Crippen molar-refractivity contribution in [2.45, 2.75) is 6.92 Å². The lowest BCUT2D eigenvalue weighted by molar-refractivity contribution is 0.0677. The Morgan fingerprint density at radius 1 is 1.27 bits per heavy atom. The lowest BCUT2D eigenvalue weighted by Gasteiger charge is -2.28. The van der Waals surface area contributed by atoms with Crippen LogP contribution in [0.2, 0.25) is 0 Å². The molecule has 1 N–H and O–H groups in total. The second kappa shape index (κ2) is 6.76. The molecule has 0 spiro atoms. The van der Waals surface area contributed by atoms with Crippen molar-refractivity contribution in [3.05, 3.63) is 36.2 Å². The van der Waals surface area contributed by atoms with Crippen molar-refractivity contribution in [1.29, 1.82) is 0 Å². The maximum Gasteiger partial charge on any atom is 0.189 e. The predicted octanol–water partition coefficient (Wildman–Crippen LogP) is 1.56. The van der Waals surface area contributed by atoms with Crippen molar-refractivity contribution in [1.82, 2.24) is 20.3 Å². The average molecular weight is 315 g/mol. The van der Waals surface area contributed by atoms with Crippen molar-refractivity contribution >= 4 is 34.1 Å². The van der Waals surface area contributed by atoms with E-state index in [1.54, 1.807) is 6.20 Å². The second-order valence-electron chi connectivity index (χ2n) is 4.96. The molecule has 7 heteroatoms. The molecule has 6 nitrogen and oxygen atoms in total. The van der Waals surface area contributed by atoms with Gasteiger partial charge in [0, 0.05) is 13.1 Å². The molecule has 0 unspecified atom stereocenters. The molecule has 1 aliphatic heterocycles. The van der Waals surface area contributed by atoms with Gasteiger partial charge in [0.15, 0.2) is 5.11 Å². The van der Waals surface area contributed by atoms with E-state index in [0.717, 1.165) is 35.5 Å². The summed E-state index contributed by atoms with van der Waals surface area (Å²) >= 11 is 5.34. The largest absolute Gasteiger partial charge is 0.378 e. The van der Waals surface area contributed by atoms with Gasteiger partial charge in [0.25, 0.3) is 0 Å². The third kappa shape index (κ3) is 3.37. The highest BCUT2D eigenvalue weighted by Gasteiger charge is 2.13. The molecule has 1 fully saturated rings. The third-order valence-electron chi connectivity index (χ3n) is 3.44. The molecule has 0 radical (unpaired) electrons. The van der Waals surface area contributed by atoms with Crippen molar-refractivity contribution in [3.8, 4) is 0 Å². The van der Waals surface area contributed by atoms with Gasteiger partial charge in [0.05, 0.1) is 36.2 Å². The van der Waals surface area contributed by atoms with E-state index in [4.69, 9.17) is 17.0 Å². The van der Waals surface area contributed by atoms with Crippen LogP contribution in [-0.4, -0.2) is 52.0 Å². The molecular formula is C15H17N5OS. The minimum Gasteiger partial charge on any atom is -0.378 e. The minimum atomic E-state index is 0.608. The first kappa shape index (κ1) is 14.8. The quantitative estimate of drug-likeness (QED) is 0.515. The van der Waals surface area contributed by atoms with Gasteiger partial charge in [0.1, 0.15) is 5.69 Å². The standard InChI is InChI=1S/C15H17N5OS/c1-11(18-19-15(22)20-6-8-21-9-7-20)14-10-16-12-4-2-3-5-13(12)17-14/h2-5,10H,6-9H2,1H3,(H,19,22)/b18-11-. The van der Waals surface area contributed by atoms with Gasteiger partial charge >= 0.3 is 0 Å². The average Bonchev–Trinajstić information content (AvgIpc) is 2.59. The van der Waals surface area contributed by atoms with Gasteiger partial charge in [0.2, 0.25) is 0 Å². The summed E-state index contributed by atoms with van der Waals surface area (Å²) < 4.78 is 5.30. The van der Waals surface area contributed by atoms with Crippen LogP contribution in [0.1, 0.15) is 12.6 Å². The molecule has 0 atom stereocenters. The van der Waals surface area contributed by atoms with Crippen molar-refractivity contribution in [3.63, 3.8) is 0 Å². The fourth-order valence-corrected chi connectivity index (χ4v) is 2.39. The second-order valence-corrected chi connectivity index (χ2v) is 5.34. The Labute approximate surface area is 134 Å². The Balaban J connectivity index is 1.71. The van der Waals surface area contributed by atoms with E-state index in [1.165, 1.54) is 0 Å². The van der Waals surface area contributed by atoms with Crippen LogP contribution in [0.3, 0.4) is 0 Å². The fraction of sp³-hybridized carbons (Fsp3) is 0.333. The van der Waals surface area contributed by atoms with Crippen molar-refractivity contribution in [2.75, 3.05) is 26.3 Å². The summed E-state index contributed by atoms with van der Waals surface area (Å²) in [6, 6.07) is 7.76. The minimum absolute atomic E-state index is 0.608. The zero-order chi connectivity index (χ0) is 15.4. The molecule has 1 saturated heterocycles. The zero-order valence-corrected chi connectivity index (χ0v) is 13.1. The molecule has 1 aromatic heterocycles. The highest BCUT2D eigenvalue weighted by atomic mass is 32.1. The van der Waals surface area contributed by atoms with E-state index in [1.807, 2.05) is 36.1 Å². The van der Waals surface area contributed by atoms with E-state index in [9.17, 15) is 0 Å². The van der Waals surface area contributed by atoms with Gasteiger partial charge in [-0.1, -0.05) is 12.1 Å². The number of fused-ring (bicyclic) bond motifs is 1. The van der Waals surface area contributed by atoms with Crippen LogP contribution in [0.15, 0.2) is 35.6 Å². The number of morpholine rings is 1. The maximum atomic E-state index is 5.34. The van der Waals surface area contributed by atoms with Crippen LogP contribution in [0.4, 0.5) is 0 Å². The number of ether oxygens (including phenoxy) is 1. The van der Waals surface area contributed by atoms with E-state index >= 15 is 0 Å². The molecule has 0 aliphatic carbocycles. The van der Waals surface area contributed by atoms with Gasteiger partial charge in [-0.05, 0) is 31.3 Å². The molecule has 0 bridgehead atoms. The first-order valence-electron chi connectivity index (χ1n) is 7.13. The SMILES string of the molecule is C/C(=N/NC(=S)N1CCOCC1)c1cnc2ccccc2n1. The molecule has 1 aliphatic rings. The highest BCUT2D eigenvalue weighted by molar-refractivity contribution is 7.80. The van der Waals surface area contributed by atoms with Gasteiger partial charge < -0.3 is 9.64 Å². The van der Waals surface area contributed by atoms with Crippen molar-refractivity contribution in [2.24, 2.45) is 5.10 Å². The first-order chi connectivity index (χ1) is 10.7. The van der Waals surface area contributed by atoms with Crippen molar-refractivity contribution < 1.29 is 4.74 Å². The number of aromatic nitrogens is 2. The number of rotatable bonds is 2. The lowest BCUT2D eigenvalue weighted by atomic mass is 10.2. The summed E-state index contributed by atoms with van der Waals surface area (Å²) in [6.45, 7) is 4.85. The van der Waals surface area contributed by atoms with E-state index in [2.05, 4.69) is 20.5 Å². The summed E-state index contributed by atoms with van der Waals surface area (Å²) in [7, 11) is 0. The Bertz CT molecular complexity index is 712. The number of hydrogen-bond donors (Lipinski definition) is 1.